The Morgan fingerprint density at radius 1 is 1.00 bits per heavy atom. The van der Waals surface area contributed by atoms with E-state index in [0.29, 0.717) is 5.56 Å². The first kappa shape index (κ1) is 22.4. The summed E-state index contributed by atoms with van der Waals surface area (Å²) in [5.41, 5.74) is 2.27. The number of carbonyl (C=O) groups is 3. The Morgan fingerprint density at radius 3 is 2.38 bits per heavy atom. The van der Waals surface area contributed by atoms with E-state index in [1.54, 1.807) is 18.2 Å². The van der Waals surface area contributed by atoms with Gasteiger partial charge in [0, 0.05) is 17.8 Å². The molecule has 0 unspecified atom stereocenters. The van der Waals surface area contributed by atoms with Crippen LogP contribution in [0.2, 0.25) is 0 Å². The average Bonchev–Trinajstić information content (AvgIpc) is 2.71. The molecule has 0 aliphatic heterocycles. The lowest BCUT2D eigenvalue weighted by Crippen LogP contribution is -2.43. The molecule has 2 aromatic carbocycles. The van der Waals surface area contributed by atoms with E-state index < -0.39 is 24.1 Å². The number of amides is 1. The second kappa shape index (κ2) is 11.2. The summed E-state index contributed by atoms with van der Waals surface area (Å²) < 4.78 is 15.9. The van der Waals surface area contributed by atoms with Gasteiger partial charge in [-0.2, -0.15) is 0 Å². The van der Waals surface area contributed by atoms with Gasteiger partial charge in [-0.1, -0.05) is 52.3 Å². The lowest BCUT2D eigenvalue weighted by atomic mass is 10.0. The van der Waals surface area contributed by atoms with Crippen molar-refractivity contribution in [1.29, 1.82) is 0 Å². The minimum absolute atomic E-state index is 0.0520. The Bertz CT molecular complexity index is 856. The molecule has 0 bridgehead atoms. The van der Waals surface area contributed by atoms with Gasteiger partial charge in [0.1, 0.15) is 19.3 Å². The first-order valence-corrected chi connectivity index (χ1v) is 9.64. The van der Waals surface area contributed by atoms with Gasteiger partial charge in [0.05, 0.1) is 7.11 Å². The van der Waals surface area contributed by atoms with Crippen molar-refractivity contribution in [1.82, 2.24) is 5.32 Å². The van der Waals surface area contributed by atoms with Crippen molar-refractivity contribution >= 4 is 34.0 Å². The lowest BCUT2D eigenvalue weighted by molar-refractivity contribution is -0.143. The van der Waals surface area contributed by atoms with Crippen molar-refractivity contribution in [3.05, 3.63) is 69.7 Å². The predicted molar refractivity (Wildman–Crippen MR) is 109 cm³/mol. The number of alkyl carbamates (subject to hydrolysis) is 1. The molecule has 0 heterocycles. The van der Waals surface area contributed by atoms with Crippen molar-refractivity contribution in [3.63, 3.8) is 0 Å². The maximum Gasteiger partial charge on any atom is 0.408 e. The van der Waals surface area contributed by atoms with E-state index in [1.165, 1.54) is 14.0 Å². The fraction of sp³-hybridized carbons (Fsp3) is 0.286. The topological polar surface area (TPSA) is 90.9 Å². The van der Waals surface area contributed by atoms with E-state index in [4.69, 9.17) is 14.2 Å². The first-order chi connectivity index (χ1) is 13.9. The van der Waals surface area contributed by atoms with Crippen LogP contribution in [0.1, 0.15) is 23.6 Å². The van der Waals surface area contributed by atoms with Crippen LogP contribution < -0.4 is 5.32 Å². The van der Waals surface area contributed by atoms with Gasteiger partial charge in [-0.25, -0.2) is 9.59 Å². The Hall–Kier alpha value is -2.87. The molecule has 0 aromatic heterocycles. The zero-order valence-electron chi connectivity index (χ0n) is 16.1. The molecule has 29 heavy (non-hydrogen) atoms. The number of methoxy groups -OCH3 is 1. The number of hydrogen-bond donors (Lipinski definition) is 1. The zero-order valence-corrected chi connectivity index (χ0v) is 17.7. The maximum absolute atomic E-state index is 12.2. The van der Waals surface area contributed by atoms with Crippen LogP contribution in [-0.4, -0.2) is 31.2 Å². The van der Waals surface area contributed by atoms with E-state index in [-0.39, 0.29) is 19.6 Å². The number of esters is 2. The van der Waals surface area contributed by atoms with E-state index in [2.05, 4.69) is 21.2 Å². The minimum atomic E-state index is -0.958. The number of rotatable bonds is 8. The van der Waals surface area contributed by atoms with Crippen LogP contribution in [0.5, 0.6) is 0 Å². The molecule has 0 fully saturated rings. The third-order valence-corrected chi connectivity index (χ3v) is 4.51. The molecule has 2 rings (SSSR count). The molecule has 0 radical (unpaired) electrons. The normalized spacial score (nSPS) is 11.3. The Morgan fingerprint density at radius 2 is 1.72 bits per heavy atom. The molecule has 0 saturated heterocycles. The summed E-state index contributed by atoms with van der Waals surface area (Å²) in [5.74, 6) is -1.02. The predicted octanol–water partition coefficient (Wildman–Crippen LogP) is 3.52. The standard InChI is InChI=1S/C21H22BrNO6/c1-14(24)28-13-17-10-18(22)9-8-16(17)11-19(20(25)27-2)23-21(26)29-12-15-6-4-3-5-7-15/h3-10,19H,11-13H2,1-2H3,(H,23,26)/t19-/m0/s1. The number of halogens is 1. The quantitative estimate of drug-likeness (QED) is 0.475. The molecule has 154 valence electrons. The van der Waals surface area contributed by atoms with E-state index in [9.17, 15) is 14.4 Å². The molecule has 0 aliphatic rings. The Kier molecular flexibility index (Phi) is 8.67. The highest BCUT2D eigenvalue weighted by Crippen LogP contribution is 2.20. The molecule has 0 saturated carbocycles. The van der Waals surface area contributed by atoms with Crippen LogP contribution in [0.15, 0.2) is 53.0 Å². The summed E-state index contributed by atoms with van der Waals surface area (Å²) in [6.45, 7) is 1.45. The molecule has 7 nitrogen and oxygen atoms in total. The van der Waals surface area contributed by atoms with E-state index >= 15 is 0 Å². The van der Waals surface area contributed by atoms with Gasteiger partial charge in [0.15, 0.2) is 0 Å². The van der Waals surface area contributed by atoms with Crippen LogP contribution in [0, 0.1) is 0 Å². The molecule has 2 aromatic rings. The molecular formula is C21H22BrNO6. The fourth-order valence-corrected chi connectivity index (χ4v) is 2.98. The summed E-state index contributed by atoms with van der Waals surface area (Å²) in [5, 5.41) is 2.54. The molecular weight excluding hydrogens is 442 g/mol. The highest BCUT2D eigenvalue weighted by atomic mass is 79.9. The van der Waals surface area contributed by atoms with Gasteiger partial charge in [0.25, 0.3) is 0 Å². The number of hydrogen-bond acceptors (Lipinski definition) is 6. The van der Waals surface area contributed by atoms with Crippen LogP contribution in [-0.2, 0) is 43.4 Å². The average molecular weight is 464 g/mol. The van der Waals surface area contributed by atoms with Crippen molar-refractivity contribution in [2.45, 2.75) is 32.6 Å². The van der Waals surface area contributed by atoms with Gasteiger partial charge < -0.3 is 19.5 Å². The zero-order chi connectivity index (χ0) is 21.2. The number of nitrogens with one attached hydrogen (secondary N) is 1. The molecule has 1 N–H and O–H groups in total. The molecule has 0 spiro atoms. The Labute approximate surface area is 177 Å². The SMILES string of the molecule is COC(=O)[C@H](Cc1ccc(Br)cc1COC(C)=O)NC(=O)OCc1ccccc1. The van der Waals surface area contributed by atoms with Crippen molar-refractivity contribution in [3.8, 4) is 0 Å². The lowest BCUT2D eigenvalue weighted by Gasteiger charge is -2.18. The van der Waals surface area contributed by atoms with Crippen LogP contribution in [0.4, 0.5) is 4.79 Å². The van der Waals surface area contributed by atoms with Gasteiger partial charge in [-0.15, -0.1) is 0 Å². The van der Waals surface area contributed by atoms with E-state index in [0.717, 1.165) is 15.6 Å². The second-order valence-corrected chi connectivity index (χ2v) is 7.09. The monoisotopic (exact) mass is 463 g/mol. The fourth-order valence-electron chi connectivity index (χ4n) is 2.57. The number of benzene rings is 2. The van der Waals surface area contributed by atoms with Crippen molar-refractivity contribution in [2.24, 2.45) is 0 Å². The van der Waals surface area contributed by atoms with Gasteiger partial charge in [-0.05, 0) is 28.8 Å². The third kappa shape index (κ3) is 7.57. The summed E-state index contributed by atoms with van der Waals surface area (Å²) >= 11 is 3.37. The summed E-state index contributed by atoms with van der Waals surface area (Å²) in [7, 11) is 1.24. The minimum Gasteiger partial charge on any atom is -0.467 e. The highest BCUT2D eigenvalue weighted by molar-refractivity contribution is 9.10. The molecule has 1 atom stereocenters. The summed E-state index contributed by atoms with van der Waals surface area (Å²) in [4.78, 5) is 35.5. The molecule has 8 heteroatoms. The third-order valence-electron chi connectivity index (χ3n) is 4.01. The maximum atomic E-state index is 12.2. The number of carbonyl (C=O) groups excluding carboxylic acids is 3. The van der Waals surface area contributed by atoms with Gasteiger partial charge in [0.2, 0.25) is 0 Å². The van der Waals surface area contributed by atoms with Crippen molar-refractivity contribution < 1.29 is 28.6 Å². The van der Waals surface area contributed by atoms with Gasteiger partial charge >= 0.3 is 18.0 Å². The van der Waals surface area contributed by atoms with Crippen molar-refractivity contribution in [2.75, 3.05) is 7.11 Å². The smallest absolute Gasteiger partial charge is 0.408 e. The largest absolute Gasteiger partial charge is 0.467 e. The molecule has 1 amide bonds. The molecule has 0 aliphatic carbocycles. The van der Waals surface area contributed by atoms with Crippen LogP contribution in [0.25, 0.3) is 0 Å². The van der Waals surface area contributed by atoms with Crippen LogP contribution in [0.3, 0.4) is 0 Å². The highest BCUT2D eigenvalue weighted by Gasteiger charge is 2.24. The second-order valence-electron chi connectivity index (χ2n) is 6.18. The Balaban J connectivity index is 2.07. The first-order valence-electron chi connectivity index (χ1n) is 8.84. The van der Waals surface area contributed by atoms with E-state index in [1.807, 2.05) is 30.3 Å². The summed E-state index contributed by atoms with van der Waals surface area (Å²) in [6, 6.07) is 13.6. The summed E-state index contributed by atoms with van der Waals surface area (Å²) in [6.07, 6.45) is -0.584. The number of ether oxygens (including phenoxy) is 3. The van der Waals surface area contributed by atoms with Gasteiger partial charge in [-0.3, -0.25) is 4.79 Å². The van der Waals surface area contributed by atoms with Crippen LogP contribution >= 0.6 is 15.9 Å².